The molecule has 0 unspecified atom stereocenters. The number of aromatic nitrogens is 3. The van der Waals surface area contributed by atoms with Crippen molar-refractivity contribution < 1.29 is 27.9 Å². The summed E-state index contributed by atoms with van der Waals surface area (Å²) in [6.07, 6.45) is -2.51. The van der Waals surface area contributed by atoms with Crippen LogP contribution in [0.1, 0.15) is 55.2 Å². The molecule has 2 aromatic rings. The van der Waals surface area contributed by atoms with Gasteiger partial charge in [-0.3, -0.25) is 9.59 Å². The van der Waals surface area contributed by atoms with Gasteiger partial charge in [-0.05, 0) is 31.9 Å². The number of carboxylic acid groups (broad SMARTS) is 1. The quantitative estimate of drug-likeness (QED) is 0.779. The standard InChI is InChI=1S/C18H21F3N4O3/c1-10(2)14-12(15(26)23-9-17(3,4)16(27)28)8-24-25(14)13-6-5-11(7-22-13)18(19,20)21/h5-8,10H,9H2,1-4H3,(H,23,26)(H,27,28). The van der Waals surface area contributed by atoms with Gasteiger partial charge in [-0.2, -0.15) is 18.3 Å². The molecule has 2 heterocycles. The Morgan fingerprint density at radius 2 is 1.86 bits per heavy atom. The Hall–Kier alpha value is -2.91. The Kier molecular flexibility index (Phi) is 5.81. The Morgan fingerprint density at radius 3 is 2.32 bits per heavy atom. The first kappa shape index (κ1) is 21.4. The molecular weight excluding hydrogens is 377 g/mol. The monoisotopic (exact) mass is 398 g/mol. The molecule has 0 saturated carbocycles. The van der Waals surface area contributed by atoms with Crippen LogP contribution in [-0.4, -0.2) is 38.3 Å². The summed E-state index contributed by atoms with van der Waals surface area (Å²) in [5, 5.41) is 15.8. The van der Waals surface area contributed by atoms with Crippen LogP contribution in [0.5, 0.6) is 0 Å². The molecule has 0 aliphatic rings. The summed E-state index contributed by atoms with van der Waals surface area (Å²) >= 11 is 0. The number of alkyl halides is 3. The number of halogens is 3. The van der Waals surface area contributed by atoms with E-state index >= 15 is 0 Å². The summed E-state index contributed by atoms with van der Waals surface area (Å²) in [5.41, 5.74) is -1.38. The van der Waals surface area contributed by atoms with Gasteiger partial charge in [0.25, 0.3) is 5.91 Å². The fraction of sp³-hybridized carbons (Fsp3) is 0.444. The fourth-order valence-electron chi connectivity index (χ4n) is 2.42. The number of hydrogen-bond acceptors (Lipinski definition) is 4. The van der Waals surface area contributed by atoms with E-state index in [0.29, 0.717) is 11.9 Å². The highest BCUT2D eigenvalue weighted by Crippen LogP contribution is 2.29. The van der Waals surface area contributed by atoms with Gasteiger partial charge < -0.3 is 10.4 Å². The first-order valence-electron chi connectivity index (χ1n) is 8.47. The molecule has 28 heavy (non-hydrogen) atoms. The largest absolute Gasteiger partial charge is 0.481 e. The summed E-state index contributed by atoms with van der Waals surface area (Å²) in [6.45, 7) is 6.47. The van der Waals surface area contributed by atoms with Gasteiger partial charge in [0.15, 0.2) is 5.82 Å². The molecule has 0 radical (unpaired) electrons. The van der Waals surface area contributed by atoms with E-state index in [2.05, 4.69) is 15.4 Å². The average molecular weight is 398 g/mol. The number of pyridine rings is 1. The van der Waals surface area contributed by atoms with Crippen LogP contribution in [0.3, 0.4) is 0 Å². The molecule has 0 saturated heterocycles. The van der Waals surface area contributed by atoms with E-state index in [0.717, 1.165) is 6.07 Å². The lowest BCUT2D eigenvalue weighted by Crippen LogP contribution is -2.39. The highest BCUT2D eigenvalue weighted by atomic mass is 19.4. The zero-order valence-electron chi connectivity index (χ0n) is 15.8. The minimum atomic E-state index is -4.50. The van der Waals surface area contributed by atoms with Crippen LogP contribution in [0.4, 0.5) is 13.2 Å². The fourth-order valence-corrected chi connectivity index (χ4v) is 2.42. The maximum Gasteiger partial charge on any atom is 0.417 e. The number of nitrogens with zero attached hydrogens (tertiary/aromatic N) is 3. The van der Waals surface area contributed by atoms with Crippen molar-refractivity contribution >= 4 is 11.9 Å². The third kappa shape index (κ3) is 4.49. The van der Waals surface area contributed by atoms with Crippen LogP contribution >= 0.6 is 0 Å². The van der Waals surface area contributed by atoms with Crippen LogP contribution in [0, 0.1) is 5.41 Å². The van der Waals surface area contributed by atoms with Crippen molar-refractivity contribution in [3.63, 3.8) is 0 Å². The summed E-state index contributed by atoms with van der Waals surface area (Å²) < 4.78 is 39.5. The van der Waals surface area contributed by atoms with Crippen LogP contribution < -0.4 is 5.32 Å². The van der Waals surface area contributed by atoms with Crippen molar-refractivity contribution in [3.8, 4) is 5.82 Å². The lowest BCUT2D eigenvalue weighted by Gasteiger charge is -2.19. The molecule has 2 rings (SSSR count). The SMILES string of the molecule is CC(C)c1c(C(=O)NCC(C)(C)C(=O)O)cnn1-c1ccc(C(F)(F)F)cn1. The number of nitrogens with one attached hydrogen (secondary N) is 1. The van der Waals surface area contributed by atoms with Crippen molar-refractivity contribution in [1.82, 2.24) is 20.1 Å². The first-order valence-corrected chi connectivity index (χ1v) is 8.47. The highest BCUT2D eigenvalue weighted by molar-refractivity contribution is 5.95. The van der Waals surface area contributed by atoms with Gasteiger partial charge >= 0.3 is 12.1 Å². The predicted molar refractivity (Wildman–Crippen MR) is 94.2 cm³/mol. The number of carbonyl (C=O) groups is 2. The van der Waals surface area contributed by atoms with E-state index in [1.54, 1.807) is 13.8 Å². The van der Waals surface area contributed by atoms with Gasteiger partial charge in [0.1, 0.15) is 0 Å². The molecule has 1 amide bonds. The molecule has 2 N–H and O–H groups in total. The average Bonchev–Trinajstić information content (AvgIpc) is 3.04. The van der Waals surface area contributed by atoms with E-state index in [1.807, 2.05) is 0 Å². The maximum atomic E-state index is 12.7. The van der Waals surface area contributed by atoms with Crippen LogP contribution in [-0.2, 0) is 11.0 Å². The second-order valence-corrected chi connectivity index (χ2v) is 7.28. The van der Waals surface area contributed by atoms with Crippen LogP contribution in [0.25, 0.3) is 5.82 Å². The highest BCUT2D eigenvalue weighted by Gasteiger charge is 2.31. The van der Waals surface area contributed by atoms with Gasteiger partial charge in [-0.25, -0.2) is 9.67 Å². The molecule has 10 heteroatoms. The lowest BCUT2D eigenvalue weighted by molar-refractivity contribution is -0.146. The molecule has 0 fully saturated rings. The Morgan fingerprint density at radius 1 is 1.21 bits per heavy atom. The second kappa shape index (κ2) is 7.61. The molecule has 0 bridgehead atoms. The molecule has 0 aliphatic carbocycles. The summed E-state index contributed by atoms with van der Waals surface area (Å²) in [6, 6.07) is 2.07. The van der Waals surface area contributed by atoms with Gasteiger partial charge in [-0.1, -0.05) is 13.8 Å². The lowest BCUT2D eigenvalue weighted by atomic mass is 9.93. The number of aliphatic carboxylic acids is 1. The predicted octanol–water partition coefficient (Wildman–Crippen LogP) is 3.25. The Balaban J connectivity index is 2.33. The smallest absolute Gasteiger partial charge is 0.417 e. The number of carboxylic acids is 1. The van der Waals surface area contributed by atoms with Gasteiger partial charge in [0.2, 0.25) is 0 Å². The van der Waals surface area contributed by atoms with E-state index in [4.69, 9.17) is 5.11 Å². The molecule has 0 aromatic carbocycles. The normalized spacial score (nSPS) is 12.3. The van der Waals surface area contributed by atoms with E-state index in [9.17, 15) is 22.8 Å². The van der Waals surface area contributed by atoms with E-state index in [-0.39, 0.29) is 23.8 Å². The number of hydrogen-bond donors (Lipinski definition) is 2. The topological polar surface area (TPSA) is 97.1 Å². The zero-order chi connectivity index (χ0) is 21.3. The van der Waals surface area contributed by atoms with Crippen LogP contribution in [0.15, 0.2) is 24.5 Å². The number of amides is 1. The third-order valence-corrected chi connectivity index (χ3v) is 4.16. The molecule has 152 valence electrons. The minimum absolute atomic E-state index is 0.0948. The molecule has 7 nitrogen and oxygen atoms in total. The van der Waals surface area contributed by atoms with Crippen molar-refractivity contribution in [2.45, 2.75) is 39.8 Å². The maximum absolute atomic E-state index is 12.7. The summed E-state index contributed by atoms with van der Waals surface area (Å²) in [5.74, 6) is -1.63. The Labute approximate surface area is 159 Å². The first-order chi connectivity index (χ1) is 12.8. The van der Waals surface area contributed by atoms with Gasteiger partial charge in [0, 0.05) is 12.7 Å². The van der Waals surface area contributed by atoms with Crippen molar-refractivity contribution in [3.05, 3.63) is 41.3 Å². The molecule has 0 atom stereocenters. The number of carbonyl (C=O) groups excluding carboxylic acids is 1. The number of rotatable bonds is 6. The van der Waals surface area contributed by atoms with Crippen molar-refractivity contribution in [1.29, 1.82) is 0 Å². The second-order valence-electron chi connectivity index (χ2n) is 7.28. The van der Waals surface area contributed by atoms with Crippen molar-refractivity contribution in [2.24, 2.45) is 5.41 Å². The zero-order valence-corrected chi connectivity index (χ0v) is 15.8. The van der Waals surface area contributed by atoms with Gasteiger partial charge in [-0.15, -0.1) is 0 Å². The minimum Gasteiger partial charge on any atom is -0.481 e. The van der Waals surface area contributed by atoms with Crippen LogP contribution in [0.2, 0.25) is 0 Å². The van der Waals surface area contributed by atoms with E-state index < -0.39 is 29.0 Å². The molecule has 0 aliphatic heterocycles. The van der Waals surface area contributed by atoms with Crippen molar-refractivity contribution in [2.75, 3.05) is 6.54 Å². The van der Waals surface area contributed by atoms with Gasteiger partial charge in [0.05, 0.1) is 28.4 Å². The Bertz CT molecular complexity index is 871. The third-order valence-electron chi connectivity index (χ3n) is 4.16. The molecular formula is C18H21F3N4O3. The molecule has 2 aromatic heterocycles. The summed E-state index contributed by atoms with van der Waals surface area (Å²) in [4.78, 5) is 27.5. The molecule has 0 spiro atoms. The van der Waals surface area contributed by atoms with E-state index in [1.165, 1.54) is 30.8 Å². The summed E-state index contributed by atoms with van der Waals surface area (Å²) in [7, 11) is 0.